The second kappa shape index (κ2) is 4.93. The smallest absolute Gasteiger partial charge is 0.396 e. The fourth-order valence-electron chi connectivity index (χ4n) is 1.47. The Morgan fingerprint density at radius 3 is 2.94 bits per heavy atom. The molecule has 0 aliphatic carbocycles. The lowest BCUT2D eigenvalue weighted by atomic mass is 10.4. The topological polar surface area (TPSA) is 80.5 Å². The summed E-state index contributed by atoms with van der Waals surface area (Å²) in [6.07, 6.45) is 0. The van der Waals surface area contributed by atoms with Gasteiger partial charge in [-0.2, -0.15) is 0 Å². The van der Waals surface area contributed by atoms with E-state index in [1.165, 1.54) is 0 Å². The van der Waals surface area contributed by atoms with Gasteiger partial charge in [-0.25, -0.2) is 4.79 Å². The number of aromatic nitrogens is 2. The number of anilines is 1. The Morgan fingerprint density at radius 2 is 2.25 bits per heavy atom. The standard InChI is InChI=1S/C9H14N4O3/c1-2-15-8(14)7-11-12-9(16-7)13-5-3-10-4-6-13/h10H,2-6H2,1H3. The minimum absolute atomic E-state index is 0.0876. The van der Waals surface area contributed by atoms with Crippen LogP contribution in [0, 0.1) is 0 Å². The molecule has 1 saturated heterocycles. The van der Waals surface area contributed by atoms with Gasteiger partial charge in [-0.3, -0.25) is 0 Å². The highest BCUT2D eigenvalue weighted by Gasteiger charge is 2.20. The van der Waals surface area contributed by atoms with Gasteiger partial charge in [-0.1, -0.05) is 10.2 Å². The van der Waals surface area contributed by atoms with Crippen molar-refractivity contribution in [2.45, 2.75) is 6.92 Å². The number of hydrogen-bond donors (Lipinski definition) is 1. The largest absolute Gasteiger partial charge is 0.459 e. The zero-order valence-electron chi connectivity index (χ0n) is 9.10. The Morgan fingerprint density at radius 1 is 1.50 bits per heavy atom. The number of ether oxygens (including phenoxy) is 1. The number of hydrogen-bond acceptors (Lipinski definition) is 7. The summed E-state index contributed by atoms with van der Waals surface area (Å²) in [4.78, 5) is 13.2. The molecule has 0 saturated carbocycles. The van der Waals surface area contributed by atoms with Crippen molar-refractivity contribution in [2.75, 3.05) is 37.7 Å². The summed E-state index contributed by atoms with van der Waals surface area (Å²) in [5, 5.41) is 10.7. The maximum absolute atomic E-state index is 11.3. The van der Waals surface area contributed by atoms with Crippen LogP contribution in [0.4, 0.5) is 6.01 Å². The minimum atomic E-state index is -0.573. The Balaban J connectivity index is 2.03. The lowest BCUT2D eigenvalue weighted by molar-refractivity contribution is 0.0481. The van der Waals surface area contributed by atoms with E-state index in [0.717, 1.165) is 26.2 Å². The molecule has 1 N–H and O–H groups in total. The molecule has 7 nitrogen and oxygen atoms in total. The van der Waals surface area contributed by atoms with Crippen LogP contribution in [0.5, 0.6) is 0 Å². The molecule has 0 amide bonds. The Labute approximate surface area is 92.8 Å². The molecule has 2 rings (SSSR count). The maximum atomic E-state index is 11.3. The van der Waals surface area contributed by atoms with Crippen LogP contribution in [0.3, 0.4) is 0 Å². The summed E-state index contributed by atoms with van der Waals surface area (Å²) >= 11 is 0. The highest BCUT2D eigenvalue weighted by molar-refractivity contribution is 5.84. The summed E-state index contributed by atoms with van der Waals surface area (Å²) in [5.74, 6) is -0.660. The summed E-state index contributed by atoms with van der Waals surface area (Å²) in [7, 11) is 0. The van der Waals surface area contributed by atoms with E-state index in [1.807, 2.05) is 4.90 Å². The molecule has 1 aromatic rings. The van der Waals surface area contributed by atoms with Crippen LogP contribution in [0.15, 0.2) is 4.42 Å². The Bertz CT molecular complexity index is 359. The van der Waals surface area contributed by atoms with Gasteiger partial charge in [0.15, 0.2) is 0 Å². The van der Waals surface area contributed by atoms with Gasteiger partial charge in [0, 0.05) is 26.2 Å². The van der Waals surface area contributed by atoms with Crippen molar-refractivity contribution in [3.05, 3.63) is 5.89 Å². The molecule has 1 fully saturated rings. The monoisotopic (exact) mass is 226 g/mol. The average molecular weight is 226 g/mol. The van der Waals surface area contributed by atoms with E-state index in [-0.39, 0.29) is 5.89 Å². The molecular weight excluding hydrogens is 212 g/mol. The number of carbonyl (C=O) groups excluding carboxylic acids is 1. The van der Waals surface area contributed by atoms with E-state index in [9.17, 15) is 4.79 Å². The van der Waals surface area contributed by atoms with Crippen LogP contribution in [0.2, 0.25) is 0 Å². The van der Waals surface area contributed by atoms with Crippen LogP contribution >= 0.6 is 0 Å². The van der Waals surface area contributed by atoms with E-state index in [1.54, 1.807) is 6.92 Å². The van der Waals surface area contributed by atoms with Crippen LogP contribution in [0.1, 0.15) is 17.6 Å². The molecule has 0 bridgehead atoms. The van der Waals surface area contributed by atoms with Crippen molar-refractivity contribution in [2.24, 2.45) is 0 Å². The third-order valence-corrected chi connectivity index (χ3v) is 2.25. The quantitative estimate of drug-likeness (QED) is 0.706. The van der Waals surface area contributed by atoms with Gasteiger partial charge in [0.05, 0.1) is 6.61 Å². The fraction of sp³-hybridized carbons (Fsp3) is 0.667. The molecule has 7 heteroatoms. The Hall–Kier alpha value is -1.63. The van der Waals surface area contributed by atoms with Crippen molar-refractivity contribution in [3.8, 4) is 0 Å². The van der Waals surface area contributed by atoms with Gasteiger partial charge in [0.25, 0.3) is 0 Å². The zero-order chi connectivity index (χ0) is 11.4. The molecule has 0 radical (unpaired) electrons. The molecule has 1 aliphatic rings. The first kappa shape index (κ1) is 10.9. The lowest BCUT2D eigenvalue weighted by Crippen LogP contribution is -2.43. The van der Waals surface area contributed by atoms with E-state index in [2.05, 4.69) is 15.5 Å². The molecule has 88 valence electrons. The third-order valence-electron chi connectivity index (χ3n) is 2.25. The van der Waals surface area contributed by atoms with Crippen molar-refractivity contribution in [3.63, 3.8) is 0 Å². The predicted octanol–water partition coefficient (Wildman–Crippen LogP) is -0.344. The van der Waals surface area contributed by atoms with Crippen molar-refractivity contribution < 1.29 is 13.9 Å². The summed E-state index contributed by atoms with van der Waals surface area (Å²) in [6.45, 7) is 5.36. The first-order chi connectivity index (χ1) is 7.81. The molecular formula is C9H14N4O3. The fourth-order valence-corrected chi connectivity index (χ4v) is 1.47. The van der Waals surface area contributed by atoms with E-state index in [4.69, 9.17) is 9.15 Å². The second-order valence-corrected chi connectivity index (χ2v) is 3.35. The van der Waals surface area contributed by atoms with E-state index >= 15 is 0 Å². The SMILES string of the molecule is CCOC(=O)c1nnc(N2CCNCC2)o1. The average Bonchev–Trinajstić information content (AvgIpc) is 2.80. The highest BCUT2D eigenvalue weighted by Crippen LogP contribution is 2.13. The molecule has 0 atom stereocenters. The number of piperazine rings is 1. The first-order valence-corrected chi connectivity index (χ1v) is 5.27. The van der Waals surface area contributed by atoms with Gasteiger partial charge in [0.2, 0.25) is 0 Å². The number of rotatable bonds is 3. The Kier molecular flexibility index (Phi) is 3.35. The molecule has 1 aromatic heterocycles. The third kappa shape index (κ3) is 2.30. The summed E-state index contributed by atoms with van der Waals surface area (Å²) in [6, 6.07) is 0.379. The number of carbonyl (C=O) groups is 1. The number of esters is 1. The minimum Gasteiger partial charge on any atom is -0.459 e. The van der Waals surface area contributed by atoms with Crippen LogP contribution in [-0.4, -0.2) is 49.0 Å². The highest BCUT2D eigenvalue weighted by atomic mass is 16.5. The molecule has 0 aromatic carbocycles. The molecule has 0 unspecified atom stereocenters. The lowest BCUT2D eigenvalue weighted by Gasteiger charge is -2.24. The summed E-state index contributed by atoms with van der Waals surface area (Å²) in [5.41, 5.74) is 0. The van der Waals surface area contributed by atoms with Crippen molar-refractivity contribution >= 4 is 12.0 Å². The zero-order valence-corrected chi connectivity index (χ0v) is 9.10. The van der Waals surface area contributed by atoms with E-state index < -0.39 is 5.97 Å². The number of nitrogens with one attached hydrogen (secondary N) is 1. The van der Waals surface area contributed by atoms with E-state index in [0.29, 0.717) is 12.6 Å². The van der Waals surface area contributed by atoms with Crippen LogP contribution < -0.4 is 10.2 Å². The predicted molar refractivity (Wildman–Crippen MR) is 55.3 cm³/mol. The van der Waals surface area contributed by atoms with Gasteiger partial charge < -0.3 is 19.4 Å². The van der Waals surface area contributed by atoms with Gasteiger partial charge >= 0.3 is 17.9 Å². The van der Waals surface area contributed by atoms with Crippen molar-refractivity contribution in [1.29, 1.82) is 0 Å². The van der Waals surface area contributed by atoms with Crippen molar-refractivity contribution in [1.82, 2.24) is 15.5 Å². The second-order valence-electron chi connectivity index (χ2n) is 3.35. The van der Waals surface area contributed by atoms with Crippen LogP contribution in [0.25, 0.3) is 0 Å². The van der Waals surface area contributed by atoms with Crippen LogP contribution in [-0.2, 0) is 4.74 Å². The molecule has 16 heavy (non-hydrogen) atoms. The molecule has 0 spiro atoms. The van der Waals surface area contributed by atoms with Gasteiger partial charge in [-0.15, -0.1) is 0 Å². The molecule has 2 heterocycles. The molecule has 1 aliphatic heterocycles. The first-order valence-electron chi connectivity index (χ1n) is 5.27. The normalized spacial score (nSPS) is 16.2. The number of nitrogens with zero attached hydrogens (tertiary/aromatic N) is 3. The maximum Gasteiger partial charge on any atom is 0.396 e. The van der Waals surface area contributed by atoms with Gasteiger partial charge in [0.1, 0.15) is 0 Å². The summed E-state index contributed by atoms with van der Waals surface area (Å²) < 4.78 is 10.0. The van der Waals surface area contributed by atoms with Gasteiger partial charge in [-0.05, 0) is 6.92 Å².